The quantitative estimate of drug-likeness (QED) is 0.478. The van der Waals surface area contributed by atoms with E-state index in [0.717, 1.165) is 23.4 Å². The monoisotopic (exact) mass is 452 g/mol. The van der Waals surface area contributed by atoms with Gasteiger partial charge in [0.2, 0.25) is 11.0 Å². The van der Waals surface area contributed by atoms with Crippen molar-refractivity contribution in [3.05, 3.63) is 59.7 Å². The normalized spacial score (nSPS) is 10.6. The third-order valence-electron chi connectivity index (χ3n) is 4.98. The number of rotatable bonds is 10. The van der Waals surface area contributed by atoms with Gasteiger partial charge in [-0.3, -0.25) is 9.59 Å². The molecule has 0 aliphatic carbocycles. The van der Waals surface area contributed by atoms with Crippen molar-refractivity contribution in [1.82, 2.24) is 15.1 Å². The average Bonchev–Trinajstić information content (AvgIpc) is 3.27. The van der Waals surface area contributed by atoms with E-state index in [1.165, 1.54) is 16.9 Å². The van der Waals surface area contributed by atoms with Crippen LogP contribution in [-0.2, 0) is 4.79 Å². The summed E-state index contributed by atoms with van der Waals surface area (Å²) in [4.78, 5) is 27.3. The number of methoxy groups -OCH3 is 1. The standard InChI is InChI=1S/C24H28N4O3S/c1-4-5-15-28(23(30)19-8-6-7-9-20(19)31-3)16-14-21(29)25-24-27-26-22(32-24)18-12-10-17(2)11-13-18/h6-13H,4-5,14-16H2,1-3H3,(H,25,27,29). The molecule has 0 unspecified atom stereocenters. The number of aromatic nitrogens is 2. The summed E-state index contributed by atoms with van der Waals surface area (Å²) in [5.74, 6) is 0.188. The van der Waals surface area contributed by atoms with Gasteiger partial charge < -0.3 is 15.0 Å². The van der Waals surface area contributed by atoms with Crippen LogP contribution in [0.3, 0.4) is 0 Å². The van der Waals surface area contributed by atoms with E-state index in [0.29, 0.717) is 29.5 Å². The van der Waals surface area contributed by atoms with Gasteiger partial charge in [0.15, 0.2) is 0 Å². The number of benzene rings is 2. The first kappa shape index (κ1) is 23.4. The van der Waals surface area contributed by atoms with E-state index >= 15 is 0 Å². The lowest BCUT2D eigenvalue weighted by Gasteiger charge is -2.23. The molecule has 0 atom stereocenters. The molecule has 0 bridgehead atoms. The summed E-state index contributed by atoms with van der Waals surface area (Å²) in [6, 6.07) is 15.1. The SMILES string of the molecule is CCCCN(CCC(=O)Nc1nnc(-c2ccc(C)cc2)s1)C(=O)c1ccccc1OC. The van der Waals surface area contributed by atoms with Gasteiger partial charge >= 0.3 is 0 Å². The largest absolute Gasteiger partial charge is 0.496 e. The summed E-state index contributed by atoms with van der Waals surface area (Å²) in [6.45, 7) is 4.99. The summed E-state index contributed by atoms with van der Waals surface area (Å²) in [6.07, 6.45) is 1.98. The van der Waals surface area contributed by atoms with E-state index in [1.54, 1.807) is 24.1 Å². The van der Waals surface area contributed by atoms with Crippen molar-refractivity contribution in [2.75, 3.05) is 25.5 Å². The molecule has 2 amide bonds. The molecule has 1 N–H and O–H groups in total. The Morgan fingerprint density at radius 3 is 2.53 bits per heavy atom. The number of hydrogen-bond donors (Lipinski definition) is 1. The van der Waals surface area contributed by atoms with Crippen LogP contribution in [0, 0.1) is 6.92 Å². The van der Waals surface area contributed by atoms with Crippen LogP contribution >= 0.6 is 11.3 Å². The van der Waals surface area contributed by atoms with E-state index in [-0.39, 0.29) is 18.2 Å². The predicted octanol–water partition coefficient (Wildman–Crippen LogP) is 4.79. The van der Waals surface area contributed by atoms with Crippen molar-refractivity contribution >= 4 is 28.3 Å². The zero-order chi connectivity index (χ0) is 22.9. The molecular weight excluding hydrogens is 424 g/mol. The molecule has 0 fully saturated rings. The number of amides is 2. The lowest BCUT2D eigenvalue weighted by molar-refractivity contribution is -0.116. The molecule has 0 spiro atoms. The Balaban J connectivity index is 1.61. The maximum absolute atomic E-state index is 13.1. The summed E-state index contributed by atoms with van der Waals surface area (Å²) >= 11 is 1.33. The maximum atomic E-state index is 13.1. The van der Waals surface area contributed by atoms with E-state index in [9.17, 15) is 9.59 Å². The number of hydrogen-bond acceptors (Lipinski definition) is 6. The topological polar surface area (TPSA) is 84.4 Å². The van der Waals surface area contributed by atoms with Crippen molar-refractivity contribution in [2.45, 2.75) is 33.1 Å². The summed E-state index contributed by atoms with van der Waals surface area (Å²) in [5, 5.41) is 12.2. The van der Waals surface area contributed by atoms with Crippen molar-refractivity contribution in [1.29, 1.82) is 0 Å². The van der Waals surface area contributed by atoms with Crippen LogP contribution in [0.4, 0.5) is 5.13 Å². The number of carbonyl (C=O) groups excluding carboxylic acids is 2. The van der Waals surface area contributed by atoms with E-state index in [1.807, 2.05) is 43.3 Å². The van der Waals surface area contributed by atoms with E-state index < -0.39 is 0 Å². The van der Waals surface area contributed by atoms with Crippen LogP contribution in [0.5, 0.6) is 5.75 Å². The van der Waals surface area contributed by atoms with Crippen LogP contribution in [-0.4, -0.2) is 47.1 Å². The molecule has 3 rings (SSSR count). The summed E-state index contributed by atoms with van der Waals surface area (Å²) in [7, 11) is 1.54. The highest BCUT2D eigenvalue weighted by Crippen LogP contribution is 2.26. The second-order valence-corrected chi connectivity index (χ2v) is 8.40. The van der Waals surface area contributed by atoms with Gasteiger partial charge in [-0.05, 0) is 25.5 Å². The van der Waals surface area contributed by atoms with Gasteiger partial charge in [-0.25, -0.2) is 0 Å². The second kappa shape index (κ2) is 11.4. The van der Waals surface area contributed by atoms with Gasteiger partial charge in [0.05, 0.1) is 12.7 Å². The Hall–Kier alpha value is -3.26. The number of carbonyl (C=O) groups is 2. The van der Waals surface area contributed by atoms with Gasteiger partial charge in [-0.2, -0.15) is 0 Å². The fraction of sp³-hybridized carbons (Fsp3) is 0.333. The van der Waals surface area contributed by atoms with E-state index in [2.05, 4.69) is 22.4 Å². The Bertz CT molecular complexity index is 1050. The van der Waals surface area contributed by atoms with Gasteiger partial charge in [0.1, 0.15) is 10.8 Å². The highest BCUT2D eigenvalue weighted by molar-refractivity contribution is 7.18. The Kier molecular flexibility index (Phi) is 8.33. The van der Waals surface area contributed by atoms with Crippen molar-refractivity contribution in [3.8, 4) is 16.3 Å². The molecule has 0 saturated heterocycles. The molecule has 0 aliphatic heterocycles. The Labute approximate surface area is 192 Å². The van der Waals surface area contributed by atoms with Crippen LogP contribution < -0.4 is 10.1 Å². The van der Waals surface area contributed by atoms with Crippen LogP contribution in [0.25, 0.3) is 10.6 Å². The summed E-state index contributed by atoms with van der Waals surface area (Å²) < 4.78 is 5.33. The molecule has 8 heteroatoms. The van der Waals surface area contributed by atoms with Crippen LogP contribution in [0.15, 0.2) is 48.5 Å². The fourth-order valence-electron chi connectivity index (χ4n) is 3.16. The number of nitrogens with one attached hydrogen (secondary N) is 1. The Morgan fingerprint density at radius 1 is 1.06 bits per heavy atom. The predicted molar refractivity (Wildman–Crippen MR) is 127 cm³/mol. The number of anilines is 1. The van der Waals surface area contributed by atoms with Gasteiger partial charge in [-0.15, -0.1) is 10.2 Å². The molecule has 168 valence electrons. The number of unbranched alkanes of at least 4 members (excludes halogenated alkanes) is 1. The fourth-order valence-corrected chi connectivity index (χ4v) is 3.93. The summed E-state index contributed by atoms with van der Waals surface area (Å²) in [5.41, 5.74) is 2.63. The van der Waals surface area contributed by atoms with Crippen molar-refractivity contribution < 1.29 is 14.3 Å². The van der Waals surface area contributed by atoms with Crippen LogP contribution in [0.2, 0.25) is 0 Å². The minimum absolute atomic E-state index is 0.138. The zero-order valence-corrected chi connectivity index (χ0v) is 19.4. The molecular formula is C24H28N4O3S. The molecule has 1 heterocycles. The van der Waals surface area contributed by atoms with Crippen LogP contribution in [0.1, 0.15) is 42.1 Å². The number of para-hydroxylation sites is 1. The molecule has 0 radical (unpaired) electrons. The van der Waals surface area contributed by atoms with Gasteiger partial charge in [0.25, 0.3) is 5.91 Å². The first-order chi connectivity index (χ1) is 15.5. The lowest BCUT2D eigenvalue weighted by atomic mass is 10.1. The highest BCUT2D eigenvalue weighted by Gasteiger charge is 2.20. The Morgan fingerprint density at radius 2 is 1.81 bits per heavy atom. The molecule has 0 saturated carbocycles. The molecule has 7 nitrogen and oxygen atoms in total. The molecule has 1 aromatic heterocycles. The minimum atomic E-state index is -0.203. The molecule has 32 heavy (non-hydrogen) atoms. The van der Waals surface area contributed by atoms with Gasteiger partial charge in [-0.1, -0.05) is 66.6 Å². The molecule has 0 aliphatic rings. The first-order valence-electron chi connectivity index (χ1n) is 10.6. The third kappa shape index (κ3) is 6.13. The molecule has 2 aromatic carbocycles. The maximum Gasteiger partial charge on any atom is 0.257 e. The van der Waals surface area contributed by atoms with Gasteiger partial charge in [0, 0.05) is 25.1 Å². The smallest absolute Gasteiger partial charge is 0.257 e. The van der Waals surface area contributed by atoms with Crippen molar-refractivity contribution in [3.63, 3.8) is 0 Å². The number of aryl methyl sites for hydroxylation is 1. The second-order valence-electron chi connectivity index (χ2n) is 7.42. The number of nitrogens with zero attached hydrogens (tertiary/aromatic N) is 3. The zero-order valence-electron chi connectivity index (χ0n) is 18.6. The molecule has 3 aromatic rings. The first-order valence-corrected chi connectivity index (χ1v) is 11.5. The third-order valence-corrected chi connectivity index (χ3v) is 5.87. The minimum Gasteiger partial charge on any atom is -0.496 e. The lowest BCUT2D eigenvalue weighted by Crippen LogP contribution is -2.35. The average molecular weight is 453 g/mol. The van der Waals surface area contributed by atoms with Crippen molar-refractivity contribution in [2.24, 2.45) is 0 Å². The highest BCUT2D eigenvalue weighted by atomic mass is 32.1. The van der Waals surface area contributed by atoms with E-state index in [4.69, 9.17) is 4.74 Å². The number of ether oxygens (including phenoxy) is 1.